The van der Waals surface area contributed by atoms with Gasteiger partial charge in [0.15, 0.2) is 0 Å². The van der Waals surface area contributed by atoms with Crippen LogP contribution in [0.25, 0.3) is 0 Å². The number of halogens is 1. The molecule has 0 amide bonds. The van der Waals surface area contributed by atoms with E-state index in [9.17, 15) is 0 Å². The largest absolute Gasteiger partial charge is 0.399 e. The first-order valence-corrected chi connectivity index (χ1v) is 7.61. The molecule has 0 aliphatic rings. The molecule has 0 atom stereocenters. The van der Waals surface area contributed by atoms with Crippen LogP contribution in [0.3, 0.4) is 0 Å². The van der Waals surface area contributed by atoms with Gasteiger partial charge >= 0.3 is 0 Å². The number of hydrogen-bond acceptors (Lipinski definition) is 2. The minimum absolute atomic E-state index is 0.690. The van der Waals surface area contributed by atoms with Gasteiger partial charge in [0.1, 0.15) is 0 Å². The molecule has 0 unspecified atom stereocenters. The summed E-state index contributed by atoms with van der Waals surface area (Å²) in [7, 11) is 2.11. The monoisotopic (exact) mass is 304 g/mol. The SMILES string of the molecule is CC/C=C(Cl)/C=C(N)\C=C(/C)CN(C)Cc1ccccc1. The fourth-order valence-corrected chi connectivity index (χ4v) is 2.44. The summed E-state index contributed by atoms with van der Waals surface area (Å²) < 4.78 is 0. The van der Waals surface area contributed by atoms with E-state index < -0.39 is 0 Å². The maximum Gasteiger partial charge on any atom is 0.0386 e. The molecule has 0 aromatic heterocycles. The molecule has 0 saturated carbocycles. The maximum absolute atomic E-state index is 6.04. The number of nitrogens with two attached hydrogens (primary N) is 1. The molecular formula is C18H25ClN2. The Balaban J connectivity index is 2.57. The molecule has 0 heterocycles. The molecule has 3 heteroatoms. The first-order chi connectivity index (χ1) is 10.0. The summed E-state index contributed by atoms with van der Waals surface area (Å²) in [6.45, 7) is 5.93. The van der Waals surface area contributed by atoms with Gasteiger partial charge < -0.3 is 5.73 Å². The molecule has 0 spiro atoms. The van der Waals surface area contributed by atoms with Crippen LogP contribution in [-0.4, -0.2) is 18.5 Å². The van der Waals surface area contributed by atoms with Gasteiger partial charge in [-0.15, -0.1) is 0 Å². The minimum Gasteiger partial charge on any atom is -0.399 e. The summed E-state index contributed by atoms with van der Waals surface area (Å²) in [4.78, 5) is 2.26. The van der Waals surface area contributed by atoms with Gasteiger partial charge in [-0.2, -0.15) is 0 Å². The van der Waals surface area contributed by atoms with Crippen LogP contribution >= 0.6 is 11.6 Å². The van der Waals surface area contributed by atoms with E-state index in [0.717, 1.165) is 19.5 Å². The van der Waals surface area contributed by atoms with E-state index in [1.807, 2.05) is 25.1 Å². The molecule has 0 bridgehead atoms. The van der Waals surface area contributed by atoms with Crippen molar-refractivity contribution in [2.75, 3.05) is 13.6 Å². The highest BCUT2D eigenvalue weighted by atomic mass is 35.5. The molecule has 0 aliphatic heterocycles. The fraction of sp³-hybridized carbons (Fsp3) is 0.333. The summed E-state index contributed by atoms with van der Waals surface area (Å²) in [6.07, 6.45) is 6.63. The van der Waals surface area contributed by atoms with E-state index in [-0.39, 0.29) is 0 Å². The van der Waals surface area contributed by atoms with Crippen molar-refractivity contribution in [3.8, 4) is 0 Å². The van der Waals surface area contributed by atoms with Crippen molar-refractivity contribution in [3.05, 3.63) is 70.4 Å². The number of rotatable bonds is 7. The smallest absolute Gasteiger partial charge is 0.0386 e. The van der Waals surface area contributed by atoms with Gasteiger partial charge in [-0.1, -0.05) is 60.5 Å². The van der Waals surface area contributed by atoms with Gasteiger partial charge in [0.2, 0.25) is 0 Å². The van der Waals surface area contributed by atoms with Crippen LogP contribution in [-0.2, 0) is 6.54 Å². The van der Waals surface area contributed by atoms with Gasteiger partial charge in [-0.3, -0.25) is 4.90 Å². The van der Waals surface area contributed by atoms with Crippen molar-refractivity contribution in [3.63, 3.8) is 0 Å². The second kappa shape index (κ2) is 9.43. The highest BCUT2D eigenvalue weighted by Crippen LogP contribution is 2.09. The van der Waals surface area contributed by atoms with Gasteiger partial charge in [-0.25, -0.2) is 0 Å². The zero-order valence-corrected chi connectivity index (χ0v) is 13.9. The van der Waals surface area contributed by atoms with Crippen molar-refractivity contribution in [2.45, 2.75) is 26.8 Å². The average Bonchev–Trinajstić information content (AvgIpc) is 2.39. The minimum atomic E-state index is 0.690. The van der Waals surface area contributed by atoms with Crippen LogP contribution < -0.4 is 5.73 Å². The third kappa shape index (κ3) is 7.74. The highest BCUT2D eigenvalue weighted by Gasteiger charge is 2.01. The van der Waals surface area contributed by atoms with Crippen molar-refractivity contribution in [1.82, 2.24) is 4.90 Å². The van der Waals surface area contributed by atoms with Crippen LogP contribution in [0.15, 0.2) is 64.9 Å². The second-order valence-electron chi connectivity index (χ2n) is 5.29. The summed E-state index contributed by atoms with van der Waals surface area (Å²) in [5.74, 6) is 0. The van der Waals surface area contributed by atoms with Crippen molar-refractivity contribution in [1.29, 1.82) is 0 Å². The standard InChI is InChI=1S/C18H25ClN2/c1-4-8-17(19)12-18(20)11-15(2)13-21(3)14-16-9-6-5-7-10-16/h5-12H,4,13-14,20H2,1-3H3/b15-11+,17-8-,18-12+. The Morgan fingerprint density at radius 1 is 1.24 bits per heavy atom. The van der Waals surface area contributed by atoms with Crippen molar-refractivity contribution < 1.29 is 0 Å². The molecule has 0 fully saturated rings. The topological polar surface area (TPSA) is 29.3 Å². The van der Waals surface area contributed by atoms with Crippen LogP contribution in [0.5, 0.6) is 0 Å². The number of hydrogen-bond donors (Lipinski definition) is 1. The molecule has 0 saturated heterocycles. The summed E-state index contributed by atoms with van der Waals surface area (Å²) in [6, 6.07) is 10.4. The molecule has 0 aliphatic carbocycles. The van der Waals surface area contributed by atoms with E-state index in [2.05, 4.69) is 43.1 Å². The average molecular weight is 305 g/mol. The van der Waals surface area contributed by atoms with Crippen molar-refractivity contribution >= 4 is 11.6 Å². The van der Waals surface area contributed by atoms with Crippen LogP contribution in [0.4, 0.5) is 0 Å². The third-order valence-corrected chi connectivity index (χ3v) is 3.19. The van der Waals surface area contributed by atoms with E-state index in [0.29, 0.717) is 10.7 Å². The quantitative estimate of drug-likeness (QED) is 0.755. The summed E-state index contributed by atoms with van der Waals surface area (Å²) in [5.41, 5.74) is 9.19. The molecule has 2 N–H and O–H groups in total. The zero-order valence-electron chi connectivity index (χ0n) is 13.1. The lowest BCUT2D eigenvalue weighted by Crippen LogP contribution is -2.20. The van der Waals surface area contributed by atoms with Gasteiger partial charge in [0.05, 0.1) is 0 Å². The number of allylic oxidation sites excluding steroid dienone is 4. The lowest BCUT2D eigenvalue weighted by molar-refractivity contribution is 0.355. The Labute approximate surface area is 133 Å². The first-order valence-electron chi connectivity index (χ1n) is 7.23. The summed E-state index contributed by atoms with van der Waals surface area (Å²) in [5, 5.41) is 0.691. The van der Waals surface area contributed by atoms with E-state index in [1.54, 1.807) is 6.08 Å². The van der Waals surface area contributed by atoms with E-state index in [4.69, 9.17) is 17.3 Å². The van der Waals surface area contributed by atoms with Crippen LogP contribution in [0.1, 0.15) is 25.8 Å². The van der Waals surface area contributed by atoms with Crippen LogP contribution in [0.2, 0.25) is 0 Å². The number of benzene rings is 1. The predicted molar refractivity (Wildman–Crippen MR) is 93.0 cm³/mol. The Morgan fingerprint density at radius 2 is 1.90 bits per heavy atom. The number of nitrogens with zero attached hydrogens (tertiary/aromatic N) is 1. The molecule has 1 aromatic carbocycles. The Kier molecular flexibility index (Phi) is 7.88. The second-order valence-corrected chi connectivity index (χ2v) is 5.73. The Morgan fingerprint density at radius 3 is 2.52 bits per heavy atom. The van der Waals surface area contributed by atoms with E-state index in [1.165, 1.54) is 11.1 Å². The zero-order chi connectivity index (χ0) is 15.7. The third-order valence-electron chi connectivity index (χ3n) is 2.93. The molecular weight excluding hydrogens is 280 g/mol. The molecule has 1 rings (SSSR count). The Bertz CT molecular complexity index is 515. The molecule has 0 radical (unpaired) electrons. The molecule has 1 aromatic rings. The van der Waals surface area contributed by atoms with E-state index >= 15 is 0 Å². The number of likely N-dealkylation sites (N-methyl/N-ethyl adjacent to an activating group) is 1. The molecule has 114 valence electrons. The van der Waals surface area contributed by atoms with Crippen LogP contribution in [0, 0.1) is 0 Å². The van der Waals surface area contributed by atoms with Gasteiger partial charge in [-0.05, 0) is 38.1 Å². The summed E-state index contributed by atoms with van der Waals surface area (Å²) >= 11 is 6.04. The first kappa shape index (κ1) is 17.5. The lowest BCUT2D eigenvalue weighted by Gasteiger charge is -2.17. The maximum atomic E-state index is 6.04. The Hall–Kier alpha value is -1.51. The fourth-order valence-electron chi connectivity index (χ4n) is 2.16. The lowest BCUT2D eigenvalue weighted by atomic mass is 10.2. The van der Waals surface area contributed by atoms with Gasteiger partial charge in [0, 0.05) is 23.8 Å². The highest BCUT2D eigenvalue weighted by molar-refractivity contribution is 6.31. The normalized spacial score (nSPS) is 13.9. The van der Waals surface area contributed by atoms with Crippen molar-refractivity contribution in [2.24, 2.45) is 5.73 Å². The molecule has 2 nitrogen and oxygen atoms in total. The molecule has 21 heavy (non-hydrogen) atoms. The predicted octanol–water partition coefficient (Wildman–Crippen LogP) is 4.44. The van der Waals surface area contributed by atoms with Gasteiger partial charge in [0.25, 0.3) is 0 Å².